The SMILES string of the molecule is CCCc1nc2cccc(CCCCCC(=O)OC)c2c(=O)n1-c1ccccc1.Cc1nc(N)nc(N)c1C#N. The molecule has 0 aliphatic heterocycles. The first-order chi connectivity index (χ1) is 19.3. The van der Waals surface area contributed by atoms with E-state index in [9.17, 15) is 9.59 Å². The predicted octanol–water partition coefficient (Wildman–Crippen LogP) is 4.44. The van der Waals surface area contributed by atoms with Crippen LogP contribution in [0, 0.1) is 18.3 Å². The highest BCUT2D eigenvalue weighted by molar-refractivity contribution is 5.81. The highest BCUT2D eigenvalue weighted by Gasteiger charge is 2.15. The first-order valence-electron chi connectivity index (χ1n) is 13.3. The number of aryl methyl sites for hydroxylation is 3. The molecule has 0 saturated heterocycles. The van der Waals surface area contributed by atoms with Crippen molar-refractivity contribution in [2.75, 3.05) is 18.6 Å². The Morgan fingerprint density at radius 3 is 2.40 bits per heavy atom. The maximum Gasteiger partial charge on any atom is 0.305 e. The van der Waals surface area contributed by atoms with E-state index < -0.39 is 0 Å². The van der Waals surface area contributed by atoms with Crippen LogP contribution >= 0.6 is 0 Å². The summed E-state index contributed by atoms with van der Waals surface area (Å²) in [5, 5.41) is 9.24. The monoisotopic (exact) mass is 541 g/mol. The lowest BCUT2D eigenvalue weighted by molar-refractivity contribution is -0.140. The van der Waals surface area contributed by atoms with E-state index in [2.05, 4.69) is 21.6 Å². The Labute approximate surface area is 233 Å². The van der Waals surface area contributed by atoms with Gasteiger partial charge in [-0.05, 0) is 56.4 Å². The van der Waals surface area contributed by atoms with Crippen molar-refractivity contribution in [2.45, 2.75) is 58.8 Å². The van der Waals surface area contributed by atoms with Gasteiger partial charge in [0.15, 0.2) is 0 Å². The van der Waals surface area contributed by atoms with Gasteiger partial charge in [0.2, 0.25) is 5.95 Å². The van der Waals surface area contributed by atoms with Crippen LogP contribution in [0.15, 0.2) is 53.3 Å². The fraction of sp³-hybridized carbons (Fsp3) is 0.333. The van der Waals surface area contributed by atoms with E-state index in [0.29, 0.717) is 23.1 Å². The van der Waals surface area contributed by atoms with Crippen LogP contribution in [-0.4, -0.2) is 32.6 Å². The van der Waals surface area contributed by atoms with Crippen LogP contribution in [0.1, 0.15) is 61.7 Å². The number of unbranched alkanes of at least 4 members (excludes halogenated alkanes) is 2. The lowest BCUT2D eigenvalue weighted by Gasteiger charge is -2.15. The van der Waals surface area contributed by atoms with Crippen LogP contribution < -0.4 is 17.0 Å². The predicted molar refractivity (Wildman–Crippen MR) is 156 cm³/mol. The summed E-state index contributed by atoms with van der Waals surface area (Å²) >= 11 is 0. The molecule has 10 heteroatoms. The summed E-state index contributed by atoms with van der Waals surface area (Å²) in [6.07, 6.45) is 5.52. The van der Waals surface area contributed by atoms with Crippen molar-refractivity contribution in [1.29, 1.82) is 5.26 Å². The van der Waals surface area contributed by atoms with Gasteiger partial charge in [0.25, 0.3) is 5.56 Å². The van der Waals surface area contributed by atoms with Gasteiger partial charge in [-0.15, -0.1) is 0 Å². The maximum atomic E-state index is 13.5. The molecule has 40 heavy (non-hydrogen) atoms. The third-order valence-corrected chi connectivity index (χ3v) is 6.34. The molecule has 0 fully saturated rings. The molecule has 2 heterocycles. The molecule has 10 nitrogen and oxygen atoms in total. The quantitative estimate of drug-likeness (QED) is 0.230. The number of rotatable bonds is 9. The fourth-order valence-corrected chi connectivity index (χ4v) is 4.41. The van der Waals surface area contributed by atoms with Crippen molar-refractivity contribution >= 4 is 28.6 Å². The van der Waals surface area contributed by atoms with Gasteiger partial charge >= 0.3 is 5.97 Å². The molecular weight excluding hydrogens is 506 g/mol. The van der Waals surface area contributed by atoms with E-state index in [4.69, 9.17) is 21.7 Å². The molecule has 0 atom stereocenters. The molecule has 2 aromatic heterocycles. The second-order valence-electron chi connectivity index (χ2n) is 9.24. The number of para-hydroxylation sites is 1. The molecule has 0 aliphatic rings. The summed E-state index contributed by atoms with van der Waals surface area (Å²) in [6, 6.07) is 17.5. The van der Waals surface area contributed by atoms with Gasteiger partial charge in [-0.1, -0.05) is 43.7 Å². The van der Waals surface area contributed by atoms with Crippen LogP contribution in [0.2, 0.25) is 0 Å². The Balaban J connectivity index is 0.000000336. The van der Waals surface area contributed by atoms with Gasteiger partial charge in [-0.3, -0.25) is 14.2 Å². The summed E-state index contributed by atoms with van der Waals surface area (Å²) in [7, 11) is 1.41. The molecule has 2 aromatic carbocycles. The Hall–Kier alpha value is -4.78. The third-order valence-electron chi connectivity index (χ3n) is 6.34. The van der Waals surface area contributed by atoms with E-state index in [1.165, 1.54) is 7.11 Å². The topological polar surface area (TPSA) is 163 Å². The van der Waals surface area contributed by atoms with Gasteiger partial charge < -0.3 is 16.2 Å². The second-order valence-corrected chi connectivity index (χ2v) is 9.24. The lowest BCUT2D eigenvalue weighted by Crippen LogP contribution is -2.24. The molecule has 0 spiro atoms. The van der Waals surface area contributed by atoms with Gasteiger partial charge in [0.1, 0.15) is 23.3 Å². The number of fused-ring (bicyclic) bond motifs is 1. The van der Waals surface area contributed by atoms with Crippen LogP contribution in [0.25, 0.3) is 16.6 Å². The minimum atomic E-state index is -0.173. The average molecular weight is 542 g/mol. The average Bonchev–Trinajstić information content (AvgIpc) is 2.93. The Morgan fingerprint density at radius 2 is 1.75 bits per heavy atom. The van der Waals surface area contributed by atoms with Gasteiger partial charge in [0, 0.05) is 12.8 Å². The van der Waals surface area contributed by atoms with E-state index in [1.807, 2.05) is 54.6 Å². The molecule has 0 saturated carbocycles. The van der Waals surface area contributed by atoms with Crippen LogP contribution in [-0.2, 0) is 22.4 Å². The Bertz CT molecular complexity index is 1540. The zero-order chi connectivity index (χ0) is 29.1. The number of carbonyl (C=O) groups is 1. The van der Waals surface area contributed by atoms with Crippen LogP contribution in [0.4, 0.5) is 11.8 Å². The molecule has 208 valence electrons. The normalized spacial score (nSPS) is 10.4. The molecule has 0 amide bonds. The van der Waals surface area contributed by atoms with E-state index in [0.717, 1.165) is 61.1 Å². The molecular formula is C30H35N7O3. The number of nitrogen functional groups attached to an aromatic ring is 2. The number of nitriles is 1. The first-order valence-corrected chi connectivity index (χ1v) is 13.3. The van der Waals surface area contributed by atoms with Crippen molar-refractivity contribution in [3.63, 3.8) is 0 Å². The van der Waals surface area contributed by atoms with E-state index in [1.54, 1.807) is 11.5 Å². The summed E-state index contributed by atoms with van der Waals surface area (Å²) in [6.45, 7) is 3.75. The highest BCUT2D eigenvalue weighted by Crippen LogP contribution is 2.20. The number of benzene rings is 2. The molecule has 4 N–H and O–H groups in total. The van der Waals surface area contributed by atoms with E-state index in [-0.39, 0.29) is 23.3 Å². The molecule has 0 aliphatic carbocycles. The van der Waals surface area contributed by atoms with Crippen molar-refractivity contribution in [2.24, 2.45) is 0 Å². The van der Waals surface area contributed by atoms with Gasteiger partial charge in [-0.25, -0.2) is 9.97 Å². The number of nitrogens with zero attached hydrogens (tertiary/aromatic N) is 5. The molecule has 4 rings (SSSR count). The van der Waals surface area contributed by atoms with Crippen molar-refractivity contribution in [3.05, 3.63) is 81.5 Å². The second kappa shape index (κ2) is 14.4. The van der Waals surface area contributed by atoms with Crippen molar-refractivity contribution in [3.8, 4) is 11.8 Å². The highest BCUT2D eigenvalue weighted by atomic mass is 16.5. The van der Waals surface area contributed by atoms with E-state index >= 15 is 0 Å². The number of aromatic nitrogens is 4. The molecule has 4 aromatic rings. The lowest BCUT2D eigenvalue weighted by atomic mass is 10.0. The van der Waals surface area contributed by atoms with Gasteiger partial charge in [0.05, 0.1) is 29.4 Å². The maximum absolute atomic E-state index is 13.5. The third kappa shape index (κ3) is 7.41. The van der Waals surface area contributed by atoms with Crippen molar-refractivity contribution < 1.29 is 9.53 Å². The number of methoxy groups -OCH3 is 1. The summed E-state index contributed by atoms with van der Waals surface area (Å²) in [5.41, 5.74) is 14.1. The minimum absolute atomic E-state index is 0.00480. The molecule has 0 radical (unpaired) electrons. The first kappa shape index (κ1) is 29.8. The smallest absolute Gasteiger partial charge is 0.305 e. The minimum Gasteiger partial charge on any atom is -0.469 e. The van der Waals surface area contributed by atoms with Crippen LogP contribution in [0.3, 0.4) is 0 Å². The number of hydrogen-bond donors (Lipinski definition) is 2. The summed E-state index contributed by atoms with van der Waals surface area (Å²) in [4.78, 5) is 37.0. The zero-order valence-electron chi connectivity index (χ0n) is 23.2. The van der Waals surface area contributed by atoms with Crippen molar-refractivity contribution in [1.82, 2.24) is 19.5 Å². The Morgan fingerprint density at radius 1 is 1.00 bits per heavy atom. The number of carbonyl (C=O) groups excluding carboxylic acids is 1. The van der Waals surface area contributed by atoms with Gasteiger partial charge in [-0.2, -0.15) is 10.2 Å². The molecule has 0 unspecified atom stereocenters. The summed E-state index contributed by atoms with van der Waals surface area (Å²) < 4.78 is 6.44. The number of hydrogen-bond acceptors (Lipinski definition) is 9. The zero-order valence-corrected chi connectivity index (χ0v) is 23.2. The number of esters is 1. The number of ether oxygens (including phenoxy) is 1. The fourth-order valence-electron chi connectivity index (χ4n) is 4.41. The number of anilines is 2. The summed E-state index contributed by atoms with van der Waals surface area (Å²) in [5.74, 6) is 0.858. The van der Waals surface area contributed by atoms with Crippen LogP contribution in [0.5, 0.6) is 0 Å². The number of nitrogens with two attached hydrogens (primary N) is 2. The molecule has 0 bridgehead atoms. The Kier molecular flexibility index (Phi) is 10.7. The largest absolute Gasteiger partial charge is 0.469 e. The standard InChI is InChI=1S/C24H28N2O3.C6H7N5/c1-3-11-21-25-20-16-10-13-18(12-6-4-9-17-22(27)29-2)23(20)24(28)26(21)19-14-7-5-8-15-19;1-3-4(2-7)5(8)11-6(9)10-3/h5,7-8,10,13-16H,3-4,6,9,11-12,17H2,1-2H3;1H3,(H4,8,9,10,11).